The maximum atomic E-state index is 9.86. The fraction of sp³-hybridized carbons (Fsp3) is 0.571. The van der Waals surface area contributed by atoms with Crippen LogP contribution in [0.2, 0.25) is 0 Å². The minimum Gasteiger partial charge on any atom is -0.489 e. The molecule has 0 aliphatic rings. The van der Waals surface area contributed by atoms with Crippen LogP contribution in [0, 0.1) is 0 Å². The number of anilines is 1. The number of rotatable bonds is 8. The summed E-state index contributed by atoms with van der Waals surface area (Å²) in [7, 11) is 2.01. The fourth-order valence-corrected chi connectivity index (χ4v) is 1.73. The summed E-state index contributed by atoms with van der Waals surface area (Å²) in [6, 6.07) is 7.32. The number of para-hydroxylation sites is 2. The number of likely N-dealkylation sites (N-methyl/N-ethyl adjacent to an activating group) is 1. The van der Waals surface area contributed by atoms with E-state index in [0.29, 0.717) is 18.0 Å². The molecular formula is C14H24N2O2. The molecule has 4 heteroatoms. The first-order valence-corrected chi connectivity index (χ1v) is 6.47. The molecular weight excluding hydrogens is 228 g/mol. The van der Waals surface area contributed by atoms with Crippen LogP contribution in [-0.4, -0.2) is 42.9 Å². The Hall–Kier alpha value is -1.26. The monoisotopic (exact) mass is 252 g/mol. The second kappa shape index (κ2) is 7.95. The number of nitrogen functional groups attached to an aromatic ring is 1. The van der Waals surface area contributed by atoms with E-state index in [1.807, 2.05) is 25.2 Å². The number of hydrogen-bond donors (Lipinski definition) is 2. The van der Waals surface area contributed by atoms with Crippen LogP contribution in [0.4, 0.5) is 5.69 Å². The van der Waals surface area contributed by atoms with E-state index >= 15 is 0 Å². The SMILES string of the molecule is CCCCN(C)CC(O)COc1ccccc1N. The van der Waals surface area contributed by atoms with Crippen molar-refractivity contribution >= 4 is 5.69 Å². The van der Waals surface area contributed by atoms with Crippen LogP contribution < -0.4 is 10.5 Å². The second-order valence-electron chi connectivity index (χ2n) is 4.62. The van der Waals surface area contributed by atoms with E-state index in [0.717, 1.165) is 19.4 Å². The van der Waals surface area contributed by atoms with E-state index in [1.165, 1.54) is 0 Å². The zero-order valence-electron chi connectivity index (χ0n) is 11.3. The zero-order valence-corrected chi connectivity index (χ0v) is 11.3. The second-order valence-corrected chi connectivity index (χ2v) is 4.62. The normalized spacial score (nSPS) is 12.7. The Morgan fingerprint density at radius 3 is 2.78 bits per heavy atom. The van der Waals surface area contributed by atoms with Crippen LogP contribution in [0.15, 0.2) is 24.3 Å². The van der Waals surface area contributed by atoms with Crippen LogP contribution in [0.5, 0.6) is 5.75 Å². The first-order valence-electron chi connectivity index (χ1n) is 6.47. The molecule has 1 atom stereocenters. The first kappa shape index (κ1) is 14.8. The fourth-order valence-electron chi connectivity index (χ4n) is 1.73. The molecule has 0 saturated heterocycles. The molecule has 0 aliphatic carbocycles. The lowest BCUT2D eigenvalue weighted by molar-refractivity contribution is 0.0763. The van der Waals surface area contributed by atoms with Crippen molar-refractivity contribution in [1.82, 2.24) is 4.90 Å². The summed E-state index contributed by atoms with van der Waals surface area (Å²) in [6.45, 7) is 4.05. The molecule has 0 amide bonds. The van der Waals surface area contributed by atoms with Gasteiger partial charge in [0.25, 0.3) is 0 Å². The molecule has 0 aromatic heterocycles. The van der Waals surface area contributed by atoms with Gasteiger partial charge in [-0.2, -0.15) is 0 Å². The molecule has 0 saturated carbocycles. The zero-order chi connectivity index (χ0) is 13.4. The Bertz CT molecular complexity index is 344. The topological polar surface area (TPSA) is 58.7 Å². The van der Waals surface area contributed by atoms with Gasteiger partial charge in [0.15, 0.2) is 0 Å². The van der Waals surface area contributed by atoms with E-state index in [2.05, 4.69) is 11.8 Å². The number of aliphatic hydroxyl groups excluding tert-OH is 1. The molecule has 0 spiro atoms. The number of nitrogens with two attached hydrogens (primary N) is 1. The summed E-state index contributed by atoms with van der Waals surface area (Å²) in [5.41, 5.74) is 6.36. The average molecular weight is 252 g/mol. The van der Waals surface area contributed by atoms with Crippen molar-refractivity contribution in [2.24, 2.45) is 0 Å². The third-order valence-corrected chi connectivity index (χ3v) is 2.77. The Labute approximate surface area is 109 Å². The van der Waals surface area contributed by atoms with Crippen molar-refractivity contribution < 1.29 is 9.84 Å². The molecule has 0 bridgehead atoms. The highest BCUT2D eigenvalue weighted by Crippen LogP contribution is 2.19. The number of nitrogens with zero attached hydrogens (tertiary/aromatic N) is 1. The van der Waals surface area contributed by atoms with Crippen LogP contribution >= 0.6 is 0 Å². The van der Waals surface area contributed by atoms with Crippen molar-refractivity contribution in [3.05, 3.63) is 24.3 Å². The van der Waals surface area contributed by atoms with Gasteiger partial charge in [-0.05, 0) is 32.1 Å². The van der Waals surface area contributed by atoms with Gasteiger partial charge in [-0.15, -0.1) is 0 Å². The Morgan fingerprint density at radius 1 is 1.39 bits per heavy atom. The number of aliphatic hydroxyl groups is 1. The number of unbranched alkanes of at least 4 members (excludes halogenated alkanes) is 1. The van der Waals surface area contributed by atoms with Crippen molar-refractivity contribution in [3.63, 3.8) is 0 Å². The van der Waals surface area contributed by atoms with E-state index in [9.17, 15) is 5.11 Å². The quantitative estimate of drug-likeness (QED) is 0.692. The smallest absolute Gasteiger partial charge is 0.142 e. The summed E-state index contributed by atoms with van der Waals surface area (Å²) in [6.07, 6.45) is 1.82. The molecule has 1 aromatic rings. The maximum absolute atomic E-state index is 9.86. The van der Waals surface area contributed by atoms with Crippen molar-refractivity contribution in [1.29, 1.82) is 0 Å². The van der Waals surface area contributed by atoms with Gasteiger partial charge >= 0.3 is 0 Å². The Morgan fingerprint density at radius 2 is 2.11 bits per heavy atom. The average Bonchev–Trinajstić information content (AvgIpc) is 2.35. The third kappa shape index (κ3) is 5.38. The summed E-state index contributed by atoms with van der Waals surface area (Å²) in [5.74, 6) is 0.632. The molecule has 1 unspecified atom stereocenters. The van der Waals surface area contributed by atoms with Gasteiger partial charge in [-0.25, -0.2) is 0 Å². The number of ether oxygens (including phenoxy) is 1. The largest absolute Gasteiger partial charge is 0.489 e. The van der Waals surface area contributed by atoms with E-state index in [4.69, 9.17) is 10.5 Å². The molecule has 0 aliphatic heterocycles. The molecule has 3 N–H and O–H groups in total. The van der Waals surface area contributed by atoms with Gasteiger partial charge in [-0.1, -0.05) is 25.5 Å². The van der Waals surface area contributed by atoms with Gasteiger partial charge in [-0.3, -0.25) is 0 Å². The Kier molecular flexibility index (Phi) is 6.54. The Balaban J connectivity index is 2.28. The highest BCUT2D eigenvalue weighted by Gasteiger charge is 2.09. The molecule has 0 radical (unpaired) electrons. The van der Waals surface area contributed by atoms with Gasteiger partial charge in [0, 0.05) is 6.54 Å². The van der Waals surface area contributed by atoms with E-state index in [1.54, 1.807) is 6.07 Å². The van der Waals surface area contributed by atoms with E-state index < -0.39 is 6.10 Å². The maximum Gasteiger partial charge on any atom is 0.142 e. The molecule has 18 heavy (non-hydrogen) atoms. The number of benzene rings is 1. The molecule has 4 nitrogen and oxygen atoms in total. The minimum atomic E-state index is -0.494. The van der Waals surface area contributed by atoms with Crippen LogP contribution in [0.25, 0.3) is 0 Å². The molecule has 0 fully saturated rings. The van der Waals surface area contributed by atoms with Gasteiger partial charge in [0.2, 0.25) is 0 Å². The molecule has 1 aromatic carbocycles. The minimum absolute atomic E-state index is 0.269. The summed E-state index contributed by atoms with van der Waals surface area (Å²) in [5, 5.41) is 9.86. The molecule has 102 valence electrons. The molecule has 1 rings (SSSR count). The predicted octanol–water partition coefficient (Wildman–Crippen LogP) is 1.74. The van der Waals surface area contributed by atoms with Gasteiger partial charge in [0.1, 0.15) is 18.5 Å². The van der Waals surface area contributed by atoms with Gasteiger partial charge in [0.05, 0.1) is 5.69 Å². The summed E-state index contributed by atoms with van der Waals surface area (Å²) in [4.78, 5) is 2.12. The van der Waals surface area contributed by atoms with Gasteiger partial charge < -0.3 is 20.5 Å². The lowest BCUT2D eigenvalue weighted by Crippen LogP contribution is -2.33. The standard InChI is InChI=1S/C14H24N2O2/c1-3-4-9-16(2)10-12(17)11-18-14-8-6-5-7-13(14)15/h5-8,12,17H,3-4,9-11,15H2,1-2H3. The van der Waals surface area contributed by atoms with Crippen molar-refractivity contribution in [3.8, 4) is 5.75 Å². The van der Waals surface area contributed by atoms with Crippen LogP contribution in [0.3, 0.4) is 0 Å². The predicted molar refractivity (Wildman–Crippen MR) is 74.8 cm³/mol. The highest BCUT2D eigenvalue weighted by atomic mass is 16.5. The first-order chi connectivity index (χ1) is 8.63. The molecule has 0 heterocycles. The van der Waals surface area contributed by atoms with Crippen LogP contribution in [0.1, 0.15) is 19.8 Å². The van der Waals surface area contributed by atoms with Crippen molar-refractivity contribution in [2.75, 3.05) is 32.5 Å². The van der Waals surface area contributed by atoms with E-state index in [-0.39, 0.29) is 6.61 Å². The number of hydrogen-bond acceptors (Lipinski definition) is 4. The lowest BCUT2D eigenvalue weighted by atomic mass is 10.3. The van der Waals surface area contributed by atoms with Crippen molar-refractivity contribution in [2.45, 2.75) is 25.9 Å². The summed E-state index contributed by atoms with van der Waals surface area (Å²) >= 11 is 0. The highest BCUT2D eigenvalue weighted by molar-refractivity contribution is 5.51. The van der Waals surface area contributed by atoms with Crippen LogP contribution in [-0.2, 0) is 0 Å². The summed E-state index contributed by atoms with van der Waals surface area (Å²) < 4.78 is 5.50. The third-order valence-electron chi connectivity index (χ3n) is 2.77. The lowest BCUT2D eigenvalue weighted by Gasteiger charge is -2.20.